The molecule has 36 heavy (non-hydrogen) atoms. The quantitative estimate of drug-likeness (QED) is 0.183. The number of benzene rings is 3. The van der Waals surface area contributed by atoms with Crippen LogP contribution < -0.4 is 9.47 Å². The molecule has 7 nitrogen and oxygen atoms in total. The van der Waals surface area contributed by atoms with Crippen molar-refractivity contribution in [3.63, 3.8) is 0 Å². The number of aryl methyl sites for hydroxylation is 1. The van der Waals surface area contributed by atoms with Crippen LogP contribution in [0.25, 0.3) is 5.57 Å². The molecule has 0 fully saturated rings. The van der Waals surface area contributed by atoms with Crippen LogP contribution in [0.15, 0.2) is 78.6 Å². The first-order chi connectivity index (χ1) is 17.2. The molecule has 3 aromatic carbocycles. The van der Waals surface area contributed by atoms with E-state index in [4.69, 9.17) is 25.4 Å². The third-order valence-corrected chi connectivity index (χ3v) is 5.53. The molecule has 0 unspecified atom stereocenters. The molecule has 0 bridgehead atoms. The van der Waals surface area contributed by atoms with Crippen molar-refractivity contribution in [3.8, 4) is 11.5 Å². The molecule has 3 rings (SSSR count). The molecule has 0 radical (unpaired) electrons. The van der Waals surface area contributed by atoms with Crippen molar-refractivity contribution < 1.29 is 24.5 Å². The Morgan fingerprint density at radius 3 is 2.14 bits per heavy atom. The fourth-order valence-electron chi connectivity index (χ4n) is 3.73. The van der Waals surface area contributed by atoms with Crippen molar-refractivity contribution in [2.75, 3.05) is 6.61 Å². The molecule has 4 N–H and O–H groups in total. The summed E-state index contributed by atoms with van der Waals surface area (Å²) >= 11 is 0. The van der Waals surface area contributed by atoms with Crippen molar-refractivity contribution in [3.05, 3.63) is 101 Å². The second kappa shape index (κ2) is 12.4. The molecule has 3 aromatic rings. The molecule has 186 valence electrons. The number of aliphatic carboxylic acids is 1. The van der Waals surface area contributed by atoms with Gasteiger partial charge in [0.1, 0.15) is 24.7 Å². The minimum Gasteiger partial charge on any atom is -0.512 e. The topological polar surface area (TPSA) is 124 Å². The van der Waals surface area contributed by atoms with Crippen molar-refractivity contribution in [1.82, 2.24) is 0 Å². The standard InChI is InChI=1S/C29H30N2O5/c1-19(30)29(20(2)32)26-16-25(14-10-22(26)11-15-28(33)34)35-17-21-8-12-24(13-9-21)36-18-27(31)23-6-4-3-5-7-23/h3-10,12-14,16,30-32H,11,15,17-18H2,1-2H3,(H,33,34)/b29-20+,30-19?,31-27?. The van der Waals surface area contributed by atoms with E-state index in [2.05, 4.69) is 0 Å². The lowest BCUT2D eigenvalue weighted by atomic mass is 9.93. The molecule has 0 aromatic heterocycles. The zero-order valence-electron chi connectivity index (χ0n) is 20.4. The first kappa shape index (κ1) is 26.2. The molecule has 0 saturated carbocycles. The van der Waals surface area contributed by atoms with E-state index in [1.165, 1.54) is 6.92 Å². The molecule has 0 saturated heterocycles. The SMILES string of the molecule is CC(=N)/C(=C(/C)O)c1cc(OCc2ccc(OCC(=N)c3ccccc3)cc2)ccc1CCC(=O)O. The Morgan fingerprint density at radius 1 is 0.861 bits per heavy atom. The van der Waals surface area contributed by atoms with E-state index in [0.29, 0.717) is 28.3 Å². The summed E-state index contributed by atoms with van der Waals surface area (Å²) in [5, 5.41) is 35.4. The van der Waals surface area contributed by atoms with Crippen molar-refractivity contribution in [2.24, 2.45) is 0 Å². The van der Waals surface area contributed by atoms with Crippen LogP contribution in [0.4, 0.5) is 0 Å². The van der Waals surface area contributed by atoms with Gasteiger partial charge in [0.2, 0.25) is 0 Å². The average Bonchev–Trinajstić information content (AvgIpc) is 2.86. The summed E-state index contributed by atoms with van der Waals surface area (Å²) in [4.78, 5) is 11.1. The normalized spacial score (nSPS) is 11.4. The number of ether oxygens (including phenoxy) is 2. The maximum atomic E-state index is 11.1. The first-order valence-corrected chi connectivity index (χ1v) is 11.5. The third kappa shape index (κ3) is 7.30. The number of hydrogen-bond donors (Lipinski definition) is 4. The van der Waals surface area contributed by atoms with Crippen molar-refractivity contribution in [2.45, 2.75) is 33.3 Å². The summed E-state index contributed by atoms with van der Waals surface area (Å²) < 4.78 is 11.7. The van der Waals surface area contributed by atoms with Gasteiger partial charge >= 0.3 is 5.97 Å². The molecule has 0 aliphatic heterocycles. The number of aliphatic hydroxyl groups is 1. The highest BCUT2D eigenvalue weighted by atomic mass is 16.5. The zero-order valence-corrected chi connectivity index (χ0v) is 20.4. The van der Waals surface area contributed by atoms with Gasteiger partial charge in [-0.05, 0) is 66.8 Å². The van der Waals surface area contributed by atoms with Crippen LogP contribution in [0, 0.1) is 10.8 Å². The Bertz CT molecular complexity index is 1260. The molecular weight excluding hydrogens is 456 g/mol. The molecule has 0 aliphatic carbocycles. The van der Waals surface area contributed by atoms with Crippen molar-refractivity contribution >= 4 is 23.0 Å². The monoisotopic (exact) mass is 486 g/mol. The van der Waals surface area contributed by atoms with E-state index >= 15 is 0 Å². The van der Waals surface area contributed by atoms with Gasteiger partial charge in [-0.2, -0.15) is 0 Å². The van der Waals surface area contributed by atoms with E-state index < -0.39 is 5.97 Å². The fraction of sp³-hybridized carbons (Fsp3) is 0.207. The lowest BCUT2D eigenvalue weighted by Gasteiger charge is -2.16. The fourth-order valence-corrected chi connectivity index (χ4v) is 3.73. The maximum Gasteiger partial charge on any atom is 0.303 e. The van der Waals surface area contributed by atoms with Crippen LogP contribution in [-0.4, -0.2) is 34.2 Å². The molecular formula is C29H30N2O5. The Balaban J connectivity index is 1.67. The minimum atomic E-state index is -0.913. The van der Waals surface area contributed by atoms with Gasteiger partial charge in [0.15, 0.2) is 0 Å². The maximum absolute atomic E-state index is 11.1. The number of allylic oxidation sites excluding steroid dienone is 2. The van der Waals surface area contributed by atoms with Gasteiger partial charge in [-0.15, -0.1) is 0 Å². The Kier molecular flexibility index (Phi) is 9.00. The highest BCUT2D eigenvalue weighted by Gasteiger charge is 2.15. The predicted octanol–water partition coefficient (Wildman–Crippen LogP) is 6.06. The largest absolute Gasteiger partial charge is 0.512 e. The number of rotatable bonds is 12. The molecule has 0 spiro atoms. The smallest absolute Gasteiger partial charge is 0.303 e. The first-order valence-electron chi connectivity index (χ1n) is 11.5. The number of carbonyl (C=O) groups is 1. The highest BCUT2D eigenvalue weighted by molar-refractivity contribution is 6.22. The van der Waals surface area contributed by atoms with Crippen LogP contribution in [0.2, 0.25) is 0 Å². The summed E-state index contributed by atoms with van der Waals surface area (Å²) in [6, 6.07) is 22.1. The van der Waals surface area contributed by atoms with Gasteiger partial charge in [-0.1, -0.05) is 48.5 Å². The molecule has 0 aliphatic rings. The average molecular weight is 487 g/mol. The van der Waals surface area contributed by atoms with E-state index in [1.54, 1.807) is 25.1 Å². The summed E-state index contributed by atoms with van der Waals surface area (Å²) in [5.74, 6) is 0.274. The number of carboxylic acid groups (broad SMARTS) is 1. The van der Waals surface area contributed by atoms with Crippen LogP contribution in [0.1, 0.15) is 42.5 Å². The Morgan fingerprint density at radius 2 is 1.53 bits per heavy atom. The van der Waals surface area contributed by atoms with Gasteiger partial charge in [0.05, 0.1) is 11.5 Å². The summed E-state index contributed by atoms with van der Waals surface area (Å²) in [6.07, 6.45) is 0.222. The number of hydrogen-bond acceptors (Lipinski definition) is 6. The van der Waals surface area contributed by atoms with Crippen molar-refractivity contribution in [1.29, 1.82) is 10.8 Å². The lowest BCUT2D eigenvalue weighted by Crippen LogP contribution is -2.11. The van der Waals surface area contributed by atoms with Crippen LogP contribution in [0.3, 0.4) is 0 Å². The van der Waals surface area contributed by atoms with E-state index in [0.717, 1.165) is 16.7 Å². The van der Waals surface area contributed by atoms with Crippen LogP contribution in [0.5, 0.6) is 11.5 Å². The molecule has 7 heteroatoms. The van der Waals surface area contributed by atoms with E-state index in [-0.39, 0.29) is 37.5 Å². The minimum absolute atomic E-state index is 0.00726. The predicted molar refractivity (Wildman–Crippen MR) is 141 cm³/mol. The zero-order chi connectivity index (χ0) is 26.1. The lowest BCUT2D eigenvalue weighted by molar-refractivity contribution is -0.136. The third-order valence-electron chi connectivity index (χ3n) is 5.53. The summed E-state index contributed by atoms with van der Waals surface area (Å²) in [7, 11) is 0. The molecule has 0 atom stereocenters. The highest BCUT2D eigenvalue weighted by Crippen LogP contribution is 2.29. The van der Waals surface area contributed by atoms with Gasteiger partial charge < -0.3 is 30.5 Å². The van der Waals surface area contributed by atoms with Crippen LogP contribution >= 0.6 is 0 Å². The Hall–Kier alpha value is -4.39. The van der Waals surface area contributed by atoms with Gasteiger partial charge in [-0.25, -0.2) is 0 Å². The van der Waals surface area contributed by atoms with Gasteiger partial charge in [0.25, 0.3) is 0 Å². The van der Waals surface area contributed by atoms with Gasteiger partial charge in [-0.3, -0.25) is 4.79 Å². The number of aliphatic hydroxyl groups excluding tert-OH is 1. The second-order valence-corrected chi connectivity index (χ2v) is 8.36. The van der Waals surface area contributed by atoms with Crippen LogP contribution in [-0.2, 0) is 17.8 Å². The van der Waals surface area contributed by atoms with E-state index in [1.807, 2.05) is 54.6 Å². The summed E-state index contributed by atoms with van der Waals surface area (Å²) in [5.41, 5.74) is 3.99. The van der Waals surface area contributed by atoms with Gasteiger partial charge in [0, 0.05) is 17.7 Å². The van der Waals surface area contributed by atoms with E-state index in [9.17, 15) is 9.90 Å². The number of carboxylic acids is 1. The Labute approximate surface area is 210 Å². The molecule has 0 amide bonds. The second-order valence-electron chi connectivity index (χ2n) is 8.36. The molecule has 0 heterocycles. The summed E-state index contributed by atoms with van der Waals surface area (Å²) in [6.45, 7) is 3.54. The number of nitrogens with one attached hydrogen (secondary N) is 2.